The highest BCUT2D eigenvalue weighted by atomic mass is 32.1. The van der Waals surface area contributed by atoms with E-state index in [1.165, 1.54) is 22.4 Å². The first kappa shape index (κ1) is 17.6. The molecule has 1 saturated heterocycles. The summed E-state index contributed by atoms with van der Waals surface area (Å²) in [5, 5.41) is 28.8. The van der Waals surface area contributed by atoms with E-state index >= 15 is 0 Å². The van der Waals surface area contributed by atoms with E-state index in [1.807, 2.05) is 24.4 Å². The Morgan fingerprint density at radius 1 is 1.52 bits per heavy atom. The molecule has 3 N–H and O–H groups in total. The van der Waals surface area contributed by atoms with E-state index in [0.29, 0.717) is 30.6 Å². The van der Waals surface area contributed by atoms with Crippen LogP contribution in [0.1, 0.15) is 36.5 Å². The SMILES string of the molecule is CCC[C@@]1(C(=O)O)CN(C(=O)c2cn[nH]c2-c2cccs2)CC[C@@H]1O. The highest BCUT2D eigenvalue weighted by molar-refractivity contribution is 7.13. The van der Waals surface area contributed by atoms with Crippen LogP contribution in [0.4, 0.5) is 0 Å². The zero-order valence-electron chi connectivity index (χ0n) is 13.9. The first-order valence-corrected chi connectivity index (χ1v) is 9.15. The molecule has 2 aromatic heterocycles. The largest absolute Gasteiger partial charge is 0.481 e. The van der Waals surface area contributed by atoms with Crippen molar-refractivity contribution >= 4 is 23.2 Å². The summed E-state index contributed by atoms with van der Waals surface area (Å²) in [5.74, 6) is -1.31. The number of hydrogen-bond acceptors (Lipinski definition) is 5. The number of H-pyrrole nitrogens is 1. The summed E-state index contributed by atoms with van der Waals surface area (Å²) < 4.78 is 0. The van der Waals surface area contributed by atoms with Gasteiger partial charge in [-0.3, -0.25) is 14.7 Å². The van der Waals surface area contributed by atoms with Crippen LogP contribution in [0.2, 0.25) is 0 Å². The van der Waals surface area contributed by atoms with E-state index in [9.17, 15) is 19.8 Å². The number of carboxylic acid groups (broad SMARTS) is 1. The summed E-state index contributed by atoms with van der Waals surface area (Å²) in [5.41, 5.74) is -0.243. The van der Waals surface area contributed by atoms with Gasteiger partial charge >= 0.3 is 5.97 Å². The molecule has 3 heterocycles. The number of aliphatic hydroxyl groups excluding tert-OH is 1. The quantitative estimate of drug-likeness (QED) is 0.755. The summed E-state index contributed by atoms with van der Waals surface area (Å²) in [4.78, 5) is 27.3. The molecule has 1 aliphatic rings. The number of carbonyl (C=O) groups excluding carboxylic acids is 1. The number of rotatable bonds is 5. The first-order chi connectivity index (χ1) is 12.0. The lowest BCUT2D eigenvalue weighted by Gasteiger charge is -2.43. The number of aliphatic carboxylic acids is 1. The Bertz CT molecular complexity index is 758. The molecule has 0 spiro atoms. The number of nitrogens with one attached hydrogen (secondary N) is 1. The van der Waals surface area contributed by atoms with Crippen molar-refractivity contribution in [3.05, 3.63) is 29.3 Å². The number of carbonyl (C=O) groups is 2. The molecule has 8 heteroatoms. The summed E-state index contributed by atoms with van der Waals surface area (Å²) >= 11 is 1.50. The number of likely N-dealkylation sites (tertiary alicyclic amines) is 1. The average Bonchev–Trinajstić information content (AvgIpc) is 3.27. The Morgan fingerprint density at radius 3 is 2.96 bits per heavy atom. The van der Waals surface area contributed by atoms with Gasteiger partial charge < -0.3 is 15.1 Å². The van der Waals surface area contributed by atoms with Gasteiger partial charge in [-0.2, -0.15) is 5.10 Å². The Balaban J connectivity index is 1.89. The van der Waals surface area contributed by atoms with Crippen molar-refractivity contribution in [1.82, 2.24) is 15.1 Å². The van der Waals surface area contributed by atoms with E-state index in [0.717, 1.165) is 4.88 Å². The van der Waals surface area contributed by atoms with Crippen LogP contribution in [0.15, 0.2) is 23.7 Å². The molecule has 3 rings (SSSR count). The minimum atomic E-state index is -1.31. The van der Waals surface area contributed by atoms with Gasteiger partial charge in [0.1, 0.15) is 5.41 Å². The number of aromatic amines is 1. The van der Waals surface area contributed by atoms with Crippen LogP contribution in [-0.4, -0.2) is 56.4 Å². The van der Waals surface area contributed by atoms with E-state index in [1.54, 1.807) is 0 Å². The minimum absolute atomic E-state index is 0.00519. The van der Waals surface area contributed by atoms with Crippen LogP contribution in [0.5, 0.6) is 0 Å². The Morgan fingerprint density at radius 2 is 2.32 bits per heavy atom. The van der Waals surface area contributed by atoms with E-state index in [-0.39, 0.29) is 18.9 Å². The van der Waals surface area contributed by atoms with E-state index < -0.39 is 17.5 Å². The fourth-order valence-corrected chi connectivity index (χ4v) is 4.22. The lowest BCUT2D eigenvalue weighted by atomic mass is 9.74. The van der Waals surface area contributed by atoms with Crippen molar-refractivity contribution in [2.45, 2.75) is 32.3 Å². The Kier molecular flexibility index (Phi) is 4.91. The fourth-order valence-electron chi connectivity index (χ4n) is 3.49. The van der Waals surface area contributed by atoms with E-state index in [2.05, 4.69) is 10.2 Å². The second-order valence-electron chi connectivity index (χ2n) is 6.38. The van der Waals surface area contributed by atoms with Crippen molar-refractivity contribution < 1.29 is 19.8 Å². The normalized spacial score (nSPS) is 23.6. The summed E-state index contributed by atoms with van der Waals surface area (Å²) in [7, 11) is 0. The lowest BCUT2D eigenvalue weighted by Crippen LogP contribution is -2.57. The van der Waals surface area contributed by atoms with Crippen molar-refractivity contribution in [2.24, 2.45) is 5.41 Å². The maximum Gasteiger partial charge on any atom is 0.314 e. The first-order valence-electron chi connectivity index (χ1n) is 8.27. The molecule has 2 atom stereocenters. The van der Waals surface area contributed by atoms with Crippen LogP contribution in [0, 0.1) is 5.41 Å². The molecule has 0 saturated carbocycles. The van der Waals surface area contributed by atoms with Gasteiger partial charge in [0.25, 0.3) is 5.91 Å². The zero-order valence-corrected chi connectivity index (χ0v) is 14.8. The third-order valence-electron chi connectivity index (χ3n) is 4.83. The predicted octanol–water partition coefficient (Wildman–Crippen LogP) is 2.22. The Labute approximate surface area is 149 Å². The molecule has 0 aliphatic carbocycles. The van der Waals surface area contributed by atoms with Gasteiger partial charge in [0.15, 0.2) is 0 Å². The summed E-state index contributed by atoms with van der Waals surface area (Å²) in [6.07, 6.45) is 1.73. The molecule has 2 aromatic rings. The molecule has 0 radical (unpaired) electrons. The van der Waals surface area contributed by atoms with Crippen molar-refractivity contribution in [3.8, 4) is 10.6 Å². The predicted molar refractivity (Wildman–Crippen MR) is 93.4 cm³/mol. The molecular formula is C17H21N3O4S. The van der Waals surface area contributed by atoms with E-state index in [4.69, 9.17) is 0 Å². The molecule has 0 unspecified atom stereocenters. The second kappa shape index (κ2) is 6.97. The smallest absolute Gasteiger partial charge is 0.314 e. The van der Waals surface area contributed by atoms with Gasteiger partial charge in [-0.25, -0.2) is 0 Å². The zero-order chi connectivity index (χ0) is 18.0. The summed E-state index contributed by atoms with van der Waals surface area (Å²) in [6.45, 7) is 2.21. The molecule has 1 aliphatic heterocycles. The average molecular weight is 363 g/mol. The third kappa shape index (κ3) is 3.07. The molecule has 0 bridgehead atoms. The highest BCUT2D eigenvalue weighted by Crippen LogP contribution is 2.37. The van der Waals surface area contributed by atoms with Crippen molar-refractivity contribution in [3.63, 3.8) is 0 Å². The number of thiophene rings is 1. The van der Waals surface area contributed by atoms with Crippen LogP contribution >= 0.6 is 11.3 Å². The number of carboxylic acids is 1. The number of aromatic nitrogens is 2. The van der Waals surface area contributed by atoms with Gasteiger partial charge in [-0.05, 0) is 24.3 Å². The molecule has 1 fully saturated rings. The molecule has 25 heavy (non-hydrogen) atoms. The van der Waals surface area contributed by atoms with Gasteiger partial charge in [0.2, 0.25) is 0 Å². The van der Waals surface area contributed by atoms with Crippen LogP contribution in [0.3, 0.4) is 0 Å². The lowest BCUT2D eigenvalue weighted by molar-refractivity contribution is -0.162. The van der Waals surface area contributed by atoms with Gasteiger partial charge in [0.05, 0.1) is 28.4 Å². The van der Waals surface area contributed by atoms with Gasteiger partial charge in [-0.15, -0.1) is 11.3 Å². The fraction of sp³-hybridized carbons (Fsp3) is 0.471. The topological polar surface area (TPSA) is 107 Å². The summed E-state index contributed by atoms with van der Waals surface area (Å²) in [6, 6.07) is 3.79. The second-order valence-corrected chi connectivity index (χ2v) is 7.33. The van der Waals surface area contributed by atoms with Gasteiger partial charge in [0, 0.05) is 13.1 Å². The number of piperidine rings is 1. The number of hydrogen-bond donors (Lipinski definition) is 3. The Hall–Kier alpha value is -2.19. The van der Waals surface area contributed by atoms with Gasteiger partial charge in [-0.1, -0.05) is 19.4 Å². The van der Waals surface area contributed by atoms with Crippen LogP contribution in [-0.2, 0) is 4.79 Å². The standard InChI is InChI=1S/C17H21N3O4S/c1-2-6-17(16(23)24)10-20(7-5-13(17)21)15(22)11-9-18-19-14(11)12-4-3-8-25-12/h3-4,8-9,13,21H,2,5-7,10H2,1H3,(H,18,19)(H,23,24)/t13-,17+/m0/s1. The molecular weight excluding hydrogens is 342 g/mol. The highest BCUT2D eigenvalue weighted by Gasteiger charge is 2.49. The van der Waals surface area contributed by atoms with Crippen LogP contribution in [0.25, 0.3) is 10.6 Å². The third-order valence-corrected chi connectivity index (χ3v) is 5.72. The number of amides is 1. The molecule has 1 amide bonds. The van der Waals surface area contributed by atoms with Crippen molar-refractivity contribution in [1.29, 1.82) is 0 Å². The monoisotopic (exact) mass is 363 g/mol. The van der Waals surface area contributed by atoms with Crippen molar-refractivity contribution in [2.75, 3.05) is 13.1 Å². The van der Waals surface area contributed by atoms with Crippen LogP contribution < -0.4 is 0 Å². The molecule has 0 aromatic carbocycles. The maximum absolute atomic E-state index is 13.0. The molecule has 134 valence electrons. The number of aliphatic hydroxyl groups is 1. The molecule has 7 nitrogen and oxygen atoms in total. The maximum atomic E-state index is 13.0. The number of nitrogens with zero attached hydrogens (tertiary/aromatic N) is 2. The minimum Gasteiger partial charge on any atom is -0.481 e.